The van der Waals surface area contributed by atoms with Crippen LogP contribution in [0.1, 0.15) is 94.4 Å². The van der Waals surface area contributed by atoms with E-state index in [2.05, 4.69) is 46.8 Å². The van der Waals surface area contributed by atoms with E-state index >= 15 is 0 Å². The first-order valence-corrected chi connectivity index (χ1v) is 9.23. The SMILES string of the molecule is CCC(C)(CC)CC(CC)(CC)N(OC(C)(C)C#N)C(C)(C)C#N. The molecule has 0 heterocycles. The topological polar surface area (TPSA) is 60.0 Å². The average molecular weight is 336 g/mol. The Morgan fingerprint density at radius 3 is 1.54 bits per heavy atom. The van der Waals surface area contributed by atoms with Crippen LogP contribution in [0.5, 0.6) is 0 Å². The van der Waals surface area contributed by atoms with Crippen molar-refractivity contribution < 1.29 is 4.84 Å². The van der Waals surface area contributed by atoms with Gasteiger partial charge in [0.15, 0.2) is 5.60 Å². The highest BCUT2D eigenvalue weighted by Gasteiger charge is 2.48. The first kappa shape index (κ1) is 22.9. The van der Waals surface area contributed by atoms with Crippen LogP contribution in [-0.4, -0.2) is 21.7 Å². The molecule has 0 fully saturated rings. The lowest BCUT2D eigenvalue weighted by molar-refractivity contribution is -0.306. The van der Waals surface area contributed by atoms with Crippen molar-refractivity contribution in [2.45, 2.75) is 111 Å². The van der Waals surface area contributed by atoms with Gasteiger partial charge in [-0.3, -0.25) is 4.84 Å². The van der Waals surface area contributed by atoms with Crippen molar-refractivity contribution in [2.75, 3.05) is 0 Å². The van der Waals surface area contributed by atoms with E-state index < -0.39 is 11.1 Å². The Hall–Kier alpha value is -1.10. The van der Waals surface area contributed by atoms with Crippen LogP contribution in [0.4, 0.5) is 0 Å². The number of hydroxylamine groups is 2. The quantitative estimate of drug-likeness (QED) is 0.488. The van der Waals surface area contributed by atoms with E-state index in [0.717, 1.165) is 32.1 Å². The number of rotatable bonds is 10. The van der Waals surface area contributed by atoms with Crippen molar-refractivity contribution in [1.29, 1.82) is 10.5 Å². The van der Waals surface area contributed by atoms with Crippen molar-refractivity contribution in [1.82, 2.24) is 5.06 Å². The molecule has 0 saturated carbocycles. The first-order chi connectivity index (χ1) is 10.9. The summed E-state index contributed by atoms with van der Waals surface area (Å²) in [7, 11) is 0. The fourth-order valence-electron chi connectivity index (χ4n) is 3.25. The molecule has 0 aromatic heterocycles. The fourth-order valence-corrected chi connectivity index (χ4v) is 3.25. The molecule has 0 aliphatic heterocycles. The molecule has 0 unspecified atom stereocenters. The third kappa shape index (κ3) is 5.20. The summed E-state index contributed by atoms with van der Waals surface area (Å²) in [6.45, 7) is 18.3. The van der Waals surface area contributed by atoms with E-state index in [-0.39, 0.29) is 11.0 Å². The summed E-state index contributed by atoms with van der Waals surface area (Å²) < 4.78 is 0. The van der Waals surface area contributed by atoms with Crippen LogP contribution >= 0.6 is 0 Å². The lowest BCUT2D eigenvalue weighted by atomic mass is 9.70. The van der Waals surface area contributed by atoms with Crippen LogP contribution in [0.25, 0.3) is 0 Å². The van der Waals surface area contributed by atoms with Crippen molar-refractivity contribution in [3.05, 3.63) is 0 Å². The van der Waals surface area contributed by atoms with Gasteiger partial charge in [-0.15, -0.1) is 0 Å². The molecule has 0 aliphatic rings. The molecule has 0 saturated heterocycles. The second-order valence-corrected chi connectivity index (χ2v) is 8.30. The second kappa shape index (κ2) is 8.32. The average Bonchev–Trinajstić information content (AvgIpc) is 2.57. The highest BCUT2D eigenvalue weighted by Crippen LogP contribution is 2.44. The van der Waals surface area contributed by atoms with Gasteiger partial charge in [0.2, 0.25) is 0 Å². The van der Waals surface area contributed by atoms with Gasteiger partial charge in [0.05, 0.1) is 12.1 Å². The Morgan fingerprint density at radius 1 is 0.792 bits per heavy atom. The second-order valence-electron chi connectivity index (χ2n) is 8.30. The Bertz CT molecular complexity index is 474. The predicted octanol–water partition coefficient (Wildman–Crippen LogP) is 5.60. The third-order valence-corrected chi connectivity index (χ3v) is 5.58. The number of hydrogen-bond donors (Lipinski definition) is 0. The summed E-state index contributed by atoms with van der Waals surface area (Å²) in [5.74, 6) is 0. The predicted molar refractivity (Wildman–Crippen MR) is 98.9 cm³/mol. The zero-order chi connectivity index (χ0) is 19.2. The molecule has 24 heavy (non-hydrogen) atoms. The van der Waals surface area contributed by atoms with E-state index in [1.54, 1.807) is 13.8 Å². The molecule has 138 valence electrons. The summed E-state index contributed by atoms with van der Waals surface area (Å²) in [6, 6.07) is 4.58. The van der Waals surface area contributed by atoms with E-state index in [1.165, 1.54) is 0 Å². The van der Waals surface area contributed by atoms with Crippen LogP contribution in [0.3, 0.4) is 0 Å². The molecule has 0 aliphatic carbocycles. The largest absolute Gasteiger partial charge is 0.276 e. The Kier molecular flexibility index (Phi) is 7.94. The van der Waals surface area contributed by atoms with Gasteiger partial charge in [-0.25, -0.2) is 0 Å². The molecule has 0 bridgehead atoms. The van der Waals surface area contributed by atoms with Crippen molar-refractivity contribution >= 4 is 0 Å². The molecule has 0 aromatic carbocycles. The fraction of sp³-hybridized carbons (Fsp3) is 0.900. The van der Waals surface area contributed by atoms with Crippen LogP contribution in [-0.2, 0) is 4.84 Å². The minimum absolute atomic E-state index is 0.177. The van der Waals surface area contributed by atoms with Crippen molar-refractivity contribution in [3.63, 3.8) is 0 Å². The maximum absolute atomic E-state index is 9.75. The molecule has 0 amide bonds. The molecule has 0 aromatic rings. The van der Waals surface area contributed by atoms with Crippen LogP contribution in [0.2, 0.25) is 0 Å². The molecule has 4 heteroatoms. The maximum Gasteiger partial charge on any atom is 0.170 e. The Morgan fingerprint density at radius 2 is 1.25 bits per heavy atom. The molecule has 0 rings (SSSR count). The third-order valence-electron chi connectivity index (χ3n) is 5.58. The lowest BCUT2D eigenvalue weighted by Crippen LogP contribution is -2.61. The summed E-state index contributed by atoms with van der Waals surface area (Å²) in [5, 5.41) is 21.0. The Labute approximate surface area is 149 Å². The van der Waals surface area contributed by atoms with Crippen molar-refractivity contribution in [2.24, 2.45) is 5.41 Å². The van der Waals surface area contributed by atoms with Gasteiger partial charge in [-0.05, 0) is 52.4 Å². The smallest absolute Gasteiger partial charge is 0.170 e. The zero-order valence-electron chi connectivity index (χ0n) is 17.3. The normalized spacial score (nSPS) is 13.7. The molecular formula is C20H37N3O. The van der Waals surface area contributed by atoms with E-state index in [4.69, 9.17) is 4.84 Å². The zero-order valence-corrected chi connectivity index (χ0v) is 17.3. The van der Waals surface area contributed by atoms with Gasteiger partial charge in [-0.1, -0.05) is 47.5 Å². The van der Waals surface area contributed by atoms with Gasteiger partial charge in [0, 0.05) is 5.54 Å². The number of hydrogen-bond acceptors (Lipinski definition) is 4. The van der Waals surface area contributed by atoms with Crippen LogP contribution in [0, 0.1) is 28.1 Å². The lowest BCUT2D eigenvalue weighted by Gasteiger charge is -2.52. The monoisotopic (exact) mass is 335 g/mol. The summed E-state index contributed by atoms with van der Waals surface area (Å²) >= 11 is 0. The molecule has 0 N–H and O–H groups in total. The highest BCUT2D eigenvalue weighted by atomic mass is 16.7. The maximum atomic E-state index is 9.75. The molecule has 0 spiro atoms. The molecule has 4 nitrogen and oxygen atoms in total. The molecule has 0 atom stereocenters. The van der Waals surface area contributed by atoms with Gasteiger partial charge in [0.25, 0.3) is 0 Å². The minimum atomic E-state index is -0.974. The standard InChI is InChI=1S/C20H37N3O/c1-10-19(9,11-2)14-20(12-3,13-4)23(17(5,6)15-21)24-18(7,8)16-22/h10-14H2,1-9H3. The van der Waals surface area contributed by atoms with E-state index in [9.17, 15) is 10.5 Å². The first-order valence-electron chi connectivity index (χ1n) is 9.23. The number of nitrogens with zero attached hydrogens (tertiary/aromatic N) is 3. The van der Waals surface area contributed by atoms with E-state index in [0.29, 0.717) is 0 Å². The summed E-state index contributed by atoms with van der Waals surface area (Å²) in [4.78, 5) is 6.17. The van der Waals surface area contributed by atoms with Crippen molar-refractivity contribution in [3.8, 4) is 12.1 Å². The van der Waals surface area contributed by atoms with E-state index in [1.807, 2.05) is 18.9 Å². The number of nitriles is 2. The van der Waals surface area contributed by atoms with Crippen LogP contribution in [0.15, 0.2) is 0 Å². The summed E-state index contributed by atoms with van der Waals surface area (Å²) in [5.41, 5.74) is -1.90. The van der Waals surface area contributed by atoms with Gasteiger partial charge in [0.1, 0.15) is 5.54 Å². The highest BCUT2D eigenvalue weighted by molar-refractivity contribution is 5.07. The Balaban J connectivity index is 6.14. The van der Waals surface area contributed by atoms with Gasteiger partial charge < -0.3 is 0 Å². The minimum Gasteiger partial charge on any atom is -0.276 e. The molecule has 0 radical (unpaired) electrons. The van der Waals surface area contributed by atoms with Gasteiger partial charge >= 0.3 is 0 Å². The molecular weight excluding hydrogens is 298 g/mol. The van der Waals surface area contributed by atoms with Gasteiger partial charge in [-0.2, -0.15) is 15.6 Å². The van der Waals surface area contributed by atoms with Crippen LogP contribution < -0.4 is 0 Å². The summed E-state index contributed by atoms with van der Waals surface area (Å²) in [6.07, 6.45) is 4.82.